The third-order valence-corrected chi connectivity index (χ3v) is 12.0. The number of anilines is 1. The Morgan fingerprint density at radius 2 is 1.76 bits per heavy atom. The van der Waals surface area contributed by atoms with Crippen LogP contribution in [-0.2, 0) is 39.0 Å². The first kappa shape index (κ1) is 38.4. The number of hydrogen-bond donors (Lipinski definition) is 2. The number of aromatic nitrogens is 1. The molecular formula is C37H50N6O6S2. The van der Waals surface area contributed by atoms with Crippen molar-refractivity contribution in [2.75, 3.05) is 37.6 Å². The van der Waals surface area contributed by atoms with Gasteiger partial charge in [0.1, 0.15) is 6.04 Å². The van der Waals surface area contributed by atoms with E-state index < -0.39 is 34.1 Å². The Morgan fingerprint density at radius 3 is 2.39 bits per heavy atom. The largest absolute Gasteiger partial charge is 0.390 e. The Hall–Kier alpha value is -3.85. The number of aliphatic hydroxyl groups excluding tert-OH is 1. The van der Waals surface area contributed by atoms with E-state index in [-0.39, 0.29) is 48.2 Å². The fourth-order valence-electron chi connectivity index (χ4n) is 6.93. The average molecular weight is 739 g/mol. The van der Waals surface area contributed by atoms with Gasteiger partial charge in [-0.15, -0.1) is 11.3 Å². The molecule has 3 aromatic rings. The molecule has 0 aliphatic carbocycles. The molecule has 14 heteroatoms. The number of aliphatic hydroxyl groups is 1. The lowest BCUT2D eigenvalue weighted by Gasteiger charge is -2.34. The summed E-state index contributed by atoms with van der Waals surface area (Å²) in [5.41, 5.74) is 3.15. The summed E-state index contributed by atoms with van der Waals surface area (Å²) in [5, 5.41) is 17.7. The van der Waals surface area contributed by atoms with Gasteiger partial charge < -0.3 is 25.1 Å². The van der Waals surface area contributed by atoms with E-state index in [1.54, 1.807) is 26.8 Å². The lowest BCUT2D eigenvalue weighted by Crippen LogP contribution is -2.57. The van der Waals surface area contributed by atoms with Crippen LogP contribution in [0.5, 0.6) is 0 Å². The molecular weight excluding hydrogens is 689 g/mol. The highest BCUT2D eigenvalue weighted by Gasteiger charge is 2.41. The van der Waals surface area contributed by atoms with Crippen LogP contribution < -0.4 is 10.2 Å². The van der Waals surface area contributed by atoms with E-state index in [1.807, 2.05) is 70.3 Å². The van der Waals surface area contributed by atoms with E-state index in [4.69, 9.17) is 0 Å². The van der Waals surface area contributed by atoms with E-state index in [9.17, 15) is 27.9 Å². The number of rotatable bonds is 15. The zero-order valence-corrected chi connectivity index (χ0v) is 31.9. The van der Waals surface area contributed by atoms with Crippen LogP contribution in [0.25, 0.3) is 0 Å². The third kappa shape index (κ3) is 8.97. The summed E-state index contributed by atoms with van der Waals surface area (Å²) in [6.07, 6.45) is -0.483. The van der Waals surface area contributed by atoms with Gasteiger partial charge in [0.05, 0.1) is 34.3 Å². The maximum Gasteiger partial charge on any atom is 0.321 e. The van der Waals surface area contributed by atoms with Gasteiger partial charge in [0.25, 0.3) is 0 Å². The molecule has 1 fully saturated rings. The Kier molecular flexibility index (Phi) is 12.2. The first-order valence-electron chi connectivity index (χ1n) is 17.6. The summed E-state index contributed by atoms with van der Waals surface area (Å²) < 4.78 is 29.7. The number of fused-ring (bicyclic) bond motifs is 1. The number of amides is 4. The zero-order chi connectivity index (χ0) is 37.0. The highest BCUT2D eigenvalue weighted by Crippen LogP contribution is 2.32. The fourth-order valence-corrected chi connectivity index (χ4v) is 9.21. The summed E-state index contributed by atoms with van der Waals surface area (Å²) in [6, 6.07) is 12.3. The van der Waals surface area contributed by atoms with Crippen molar-refractivity contribution >= 4 is 44.9 Å². The van der Waals surface area contributed by atoms with Crippen LogP contribution in [0.1, 0.15) is 56.4 Å². The molecule has 0 saturated carbocycles. The number of nitrogens with one attached hydrogen (secondary N) is 1. The average Bonchev–Trinajstić information content (AvgIpc) is 3.79. The molecule has 1 saturated heterocycles. The number of carbonyl (C=O) groups excluding carboxylic acids is 3. The maximum absolute atomic E-state index is 14.2. The van der Waals surface area contributed by atoms with Gasteiger partial charge >= 0.3 is 6.03 Å². The molecule has 1 aromatic heterocycles. The van der Waals surface area contributed by atoms with Crippen LogP contribution in [0.4, 0.5) is 10.5 Å². The molecule has 4 amide bonds. The zero-order valence-electron chi connectivity index (χ0n) is 30.3. The quantitative estimate of drug-likeness (QED) is 0.240. The van der Waals surface area contributed by atoms with Gasteiger partial charge in [-0.1, -0.05) is 58.0 Å². The molecule has 5 rings (SSSR count). The van der Waals surface area contributed by atoms with Crippen molar-refractivity contribution in [3.05, 3.63) is 75.7 Å². The highest BCUT2D eigenvalue weighted by atomic mass is 32.2. The Labute approximate surface area is 305 Å². The van der Waals surface area contributed by atoms with Crippen molar-refractivity contribution in [2.45, 2.75) is 84.0 Å². The number of benzene rings is 2. The number of sulfonamides is 1. The van der Waals surface area contributed by atoms with Crippen molar-refractivity contribution in [2.24, 2.45) is 11.8 Å². The normalized spacial score (nSPS) is 16.7. The predicted molar refractivity (Wildman–Crippen MR) is 198 cm³/mol. The fraction of sp³-hybridized carbons (Fsp3) is 0.514. The molecule has 0 radical (unpaired) electrons. The molecule has 276 valence electrons. The number of nitrogens with zero attached hydrogens (tertiary/aromatic N) is 5. The van der Waals surface area contributed by atoms with Gasteiger partial charge in [-0.05, 0) is 60.9 Å². The van der Waals surface area contributed by atoms with Crippen LogP contribution in [0.2, 0.25) is 0 Å². The number of carbonyl (C=O) groups is 3. The topological polar surface area (TPSA) is 143 Å². The van der Waals surface area contributed by atoms with Gasteiger partial charge in [-0.25, -0.2) is 18.2 Å². The monoisotopic (exact) mass is 738 g/mol. The second kappa shape index (κ2) is 16.2. The summed E-state index contributed by atoms with van der Waals surface area (Å²) in [5.74, 6) is -0.797. The first-order chi connectivity index (χ1) is 24.1. The van der Waals surface area contributed by atoms with E-state index >= 15 is 0 Å². The van der Waals surface area contributed by atoms with Gasteiger partial charge in [0, 0.05) is 50.7 Å². The minimum atomic E-state index is -4.07. The number of hydrogen-bond acceptors (Lipinski definition) is 8. The molecule has 12 nitrogen and oxygen atoms in total. The lowest BCUT2D eigenvalue weighted by atomic mass is 9.97. The number of urea groups is 1. The Morgan fingerprint density at radius 1 is 1.04 bits per heavy atom. The SMILES string of the molecule is CC(=O)N1CCc2cc(S(=O)(=O)N(CC(C)C)C[C@@H](O)[C@H](Cc3ccccc3)NC(=O)C(C(C)C)N3CCN(Cc4csc(C)n4)C3=O)ccc21. The van der Waals surface area contributed by atoms with Gasteiger partial charge in [-0.2, -0.15) is 4.31 Å². The molecule has 2 aromatic carbocycles. The van der Waals surface area contributed by atoms with Crippen molar-refractivity contribution in [1.82, 2.24) is 24.4 Å². The molecule has 3 atom stereocenters. The molecule has 0 spiro atoms. The molecule has 2 aliphatic rings. The maximum atomic E-state index is 14.2. The van der Waals surface area contributed by atoms with E-state index in [0.29, 0.717) is 38.3 Å². The predicted octanol–water partition coefficient (Wildman–Crippen LogP) is 4.06. The van der Waals surface area contributed by atoms with E-state index in [2.05, 4.69) is 10.3 Å². The van der Waals surface area contributed by atoms with Crippen LogP contribution in [0, 0.1) is 18.8 Å². The molecule has 0 bridgehead atoms. The number of aryl methyl sites for hydroxylation is 1. The Bertz CT molecular complexity index is 1810. The van der Waals surface area contributed by atoms with E-state index in [1.165, 1.54) is 28.6 Å². The van der Waals surface area contributed by atoms with Gasteiger partial charge in [0.15, 0.2) is 0 Å². The van der Waals surface area contributed by atoms with Crippen molar-refractivity contribution in [3.63, 3.8) is 0 Å². The molecule has 2 N–H and O–H groups in total. The van der Waals surface area contributed by atoms with Crippen LogP contribution in [0.15, 0.2) is 58.8 Å². The molecule has 1 unspecified atom stereocenters. The summed E-state index contributed by atoms with van der Waals surface area (Å²) >= 11 is 1.52. The second-order valence-electron chi connectivity index (χ2n) is 14.2. The summed E-state index contributed by atoms with van der Waals surface area (Å²) in [7, 11) is -4.07. The standard InChI is InChI=1S/C37H50N6O6S2/c1-24(2)20-41(51(48,49)31-12-13-33-29(19-31)14-15-42(33)27(6)44)22-34(45)32(18-28-10-8-7-9-11-28)39-36(46)35(25(3)4)43-17-16-40(37(43)47)21-30-23-50-26(5)38-30/h7-13,19,23-25,32,34-35,45H,14-18,20-22H2,1-6H3,(H,39,46)/t32-,34+,35?/m0/s1. The molecule has 51 heavy (non-hydrogen) atoms. The minimum absolute atomic E-state index is 0.0561. The van der Waals surface area contributed by atoms with Crippen molar-refractivity contribution in [3.8, 4) is 0 Å². The first-order valence-corrected chi connectivity index (χ1v) is 19.9. The van der Waals surface area contributed by atoms with Gasteiger partial charge in [0.2, 0.25) is 21.8 Å². The minimum Gasteiger partial charge on any atom is -0.390 e. The van der Waals surface area contributed by atoms with Crippen molar-refractivity contribution in [1.29, 1.82) is 0 Å². The van der Waals surface area contributed by atoms with Crippen LogP contribution in [-0.4, -0.2) is 101 Å². The molecule has 3 heterocycles. The third-order valence-electron chi connectivity index (χ3n) is 9.40. The van der Waals surface area contributed by atoms with Crippen LogP contribution in [0.3, 0.4) is 0 Å². The highest BCUT2D eigenvalue weighted by molar-refractivity contribution is 7.89. The summed E-state index contributed by atoms with van der Waals surface area (Å²) in [6.45, 7) is 12.6. The Balaban J connectivity index is 1.37. The lowest BCUT2D eigenvalue weighted by molar-refractivity contribution is -0.128. The number of thiazole rings is 1. The molecule has 2 aliphatic heterocycles. The van der Waals surface area contributed by atoms with Crippen LogP contribution >= 0.6 is 11.3 Å². The summed E-state index contributed by atoms with van der Waals surface area (Å²) in [4.78, 5) is 49.3. The van der Waals surface area contributed by atoms with E-state index in [0.717, 1.165) is 21.8 Å². The van der Waals surface area contributed by atoms with Gasteiger partial charge in [-0.3, -0.25) is 9.59 Å². The van der Waals surface area contributed by atoms with Crippen molar-refractivity contribution < 1.29 is 27.9 Å². The second-order valence-corrected chi connectivity index (χ2v) is 17.2. The smallest absolute Gasteiger partial charge is 0.321 e.